The van der Waals surface area contributed by atoms with Crippen LogP contribution in [-0.2, 0) is 9.84 Å². The van der Waals surface area contributed by atoms with Crippen LogP contribution in [0.15, 0.2) is 30.7 Å². The van der Waals surface area contributed by atoms with Crippen molar-refractivity contribution in [3.8, 4) is 11.1 Å². The number of anilines is 2. The highest BCUT2D eigenvalue weighted by molar-refractivity contribution is 7.91. The van der Waals surface area contributed by atoms with Gasteiger partial charge >= 0.3 is 0 Å². The fourth-order valence-corrected chi connectivity index (χ4v) is 6.10. The van der Waals surface area contributed by atoms with E-state index in [4.69, 9.17) is 17.3 Å². The molecule has 2 fully saturated rings. The predicted molar refractivity (Wildman–Crippen MR) is 126 cm³/mol. The molecular formula is C22H30ClN5O2S. The van der Waals surface area contributed by atoms with Gasteiger partial charge in [-0.3, -0.25) is 4.98 Å². The summed E-state index contributed by atoms with van der Waals surface area (Å²) in [6.45, 7) is 0.737. The minimum atomic E-state index is -2.84. The van der Waals surface area contributed by atoms with Gasteiger partial charge in [-0.1, -0.05) is 11.6 Å². The molecule has 0 unspecified atom stereocenters. The van der Waals surface area contributed by atoms with Gasteiger partial charge in [-0.15, -0.1) is 0 Å². The van der Waals surface area contributed by atoms with Gasteiger partial charge in [0.15, 0.2) is 0 Å². The summed E-state index contributed by atoms with van der Waals surface area (Å²) in [5, 5.41) is 7.51. The lowest BCUT2D eigenvalue weighted by atomic mass is 9.92. The first-order chi connectivity index (χ1) is 14.9. The molecule has 1 aliphatic heterocycles. The molecule has 2 aromatic heterocycles. The zero-order valence-electron chi connectivity index (χ0n) is 17.6. The molecule has 1 saturated heterocycles. The van der Waals surface area contributed by atoms with Gasteiger partial charge < -0.3 is 16.4 Å². The molecule has 168 valence electrons. The smallest absolute Gasteiger partial charge is 0.150 e. The number of halogens is 1. The quantitative estimate of drug-likeness (QED) is 0.598. The van der Waals surface area contributed by atoms with E-state index in [9.17, 15) is 8.42 Å². The van der Waals surface area contributed by atoms with Gasteiger partial charge in [0.25, 0.3) is 0 Å². The Balaban J connectivity index is 1.42. The zero-order chi connectivity index (χ0) is 21.8. The molecule has 31 heavy (non-hydrogen) atoms. The van der Waals surface area contributed by atoms with Crippen molar-refractivity contribution in [1.29, 1.82) is 0 Å². The molecule has 0 spiro atoms. The monoisotopic (exact) mass is 463 g/mol. The fourth-order valence-electron chi connectivity index (χ4n) is 4.30. The van der Waals surface area contributed by atoms with Gasteiger partial charge in [0.05, 0.1) is 22.2 Å². The number of aromatic nitrogens is 2. The van der Waals surface area contributed by atoms with E-state index in [1.807, 2.05) is 12.1 Å². The topological polar surface area (TPSA) is 110 Å². The van der Waals surface area contributed by atoms with E-state index in [1.165, 1.54) is 0 Å². The standard InChI is InChI=1S/C22H30ClN5O2S/c23-21-14-27-22(28-18-3-1-17(24)2-4-18)10-20(21)16-9-19(13-25-12-16)26-11-15-5-7-31(29,30)8-6-15/h9-10,12-15,17-18,26H,1-8,11,24H2,(H,27,28). The zero-order valence-corrected chi connectivity index (χ0v) is 19.1. The Labute approximate surface area is 189 Å². The maximum absolute atomic E-state index is 11.6. The molecule has 0 atom stereocenters. The van der Waals surface area contributed by atoms with Crippen LogP contribution < -0.4 is 16.4 Å². The molecule has 0 radical (unpaired) electrons. The van der Waals surface area contributed by atoms with Crippen molar-refractivity contribution in [2.24, 2.45) is 11.7 Å². The van der Waals surface area contributed by atoms with Gasteiger partial charge in [0.1, 0.15) is 15.7 Å². The van der Waals surface area contributed by atoms with E-state index >= 15 is 0 Å². The van der Waals surface area contributed by atoms with Crippen molar-refractivity contribution in [2.45, 2.75) is 50.6 Å². The number of nitrogens with one attached hydrogen (secondary N) is 2. The molecule has 2 aromatic rings. The first-order valence-corrected chi connectivity index (χ1v) is 13.2. The van der Waals surface area contributed by atoms with Crippen molar-refractivity contribution in [3.05, 3.63) is 35.7 Å². The second-order valence-electron chi connectivity index (χ2n) is 8.74. The summed E-state index contributed by atoms with van der Waals surface area (Å²) in [7, 11) is -2.84. The van der Waals surface area contributed by atoms with Crippen LogP contribution in [0.1, 0.15) is 38.5 Å². The number of hydrogen-bond acceptors (Lipinski definition) is 7. The molecule has 1 aliphatic carbocycles. The first-order valence-electron chi connectivity index (χ1n) is 11.0. The normalized spacial score (nSPS) is 23.9. The number of hydrogen-bond donors (Lipinski definition) is 3. The van der Waals surface area contributed by atoms with Crippen molar-refractivity contribution in [3.63, 3.8) is 0 Å². The lowest BCUT2D eigenvalue weighted by Gasteiger charge is -2.27. The van der Waals surface area contributed by atoms with E-state index in [-0.39, 0.29) is 11.5 Å². The van der Waals surface area contributed by atoms with Crippen LogP contribution in [0.5, 0.6) is 0 Å². The Kier molecular flexibility index (Phi) is 6.99. The number of rotatable bonds is 6. The second kappa shape index (κ2) is 9.71. The van der Waals surface area contributed by atoms with Gasteiger partial charge in [-0.05, 0) is 56.6 Å². The third kappa shape index (κ3) is 6.08. The Hall–Kier alpha value is -1.90. The molecular weight excluding hydrogens is 434 g/mol. The Morgan fingerprint density at radius 3 is 2.52 bits per heavy atom. The Morgan fingerprint density at radius 2 is 1.77 bits per heavy atom. The van der Waals surface area contributed by atoms with E-state index in [0.717, 1.165) is 54.9 Å². The highest BCUT2D eigenvalue weighted by atomic mass is 35.5. The van der Waals surface area contributed by atoms with Crippen molar-refractivity contribution in [1.82, 2.24) is 9.97 Å². The number of nitrogens with two attached hydrogens (primary N) is 1. The molecule has 1 saturated carbocycles. The molecule has 4 N–H and O–H groups in total. The third-order valence-corrected chi connectivity index (χ3v) is 8.31. The van der Waals surface area contributed by atoms with Gasteiger partial charge in [0, 0.05) is 48.3 Å². The lowest BCUT2D eigenvalue weighted by Crippen LogP contribution is -2.33. The summed E-state index contributed by atoms with van der Waals surface area (Å²) in [5.41, 5.74) is 8.70. The van der Waals surface area contributed by atoms with Crippen molar-refractivity contribution in [2.75, 3.05) is 28.7 Å². The Bertz CT molecular complexity index is 995. The Morgan fingerprint density at radius 1 is 1.03 bits per heavy atom. The first kappa shape index (κ1) is 22.3. The number of sulfone groups is 1. The van der Waals surface area contributed by atoms with E-state index in [2.05, 4.69) is 20.6 Å². The fraction of sp³-hybridized carbons (Fsp3) is 0.545. The molecule has 0 amide bonds. The van der Waals surface area contributed by atoms with Crippen LogP contribution in [0, 0.1) is 5.92 Å². The lowest BCUT2D eigenvalue weighted by molar-refractivity contribution is 0.410. The minimum absolute atomic E-state index is 0.285. The molecule has 0 aromatic carbocycles. The maximum atomic E-state index is 11.6. The summed E-state index contributed by atoms with van der Waals surface area (Å²) in [6, 6.07) is 4.69. The molecule has 0 bridgehead atoms. The van der Waals surface area contributed by atoms with E-state index in [0.29, 0.717) is 35.9 Å². The molecule has 3 heterocycles. The van der Waals surface area contributed by atoms with Gasteiger partial charge in [0.2, 0.25) is 0 Å². The van der Waals surface area contributed by atoms with Gasteiger partial charge in [-0.2, -0.15) is 0 Å². The average Bonchev–Trinajstić information content (AvgIpc) is 2.76. The van der Waals surface area contributed by atoms with Crippen LogP contribution in [0.2, 0.25) is 5.02 Å². The van der Waals surface area contributed by atoms with Crippen LogP contribution in [-0.4, -0.2) is 48.5 Å². The highest BCUT2D eigenvalue weighted by Gasteiger charge is 2.23. The summed E-state index contributed by atoms with van der Waals surface area (Å²) in [5.74, 6) is 1.73. The van der Waals surface area contributed by atoms with Crippen LogP contribution in [0.25, 0.3) is 11.1 Å². The second-order valence-corrected chi connectivity index (χ2v) is 11.5. The minimum Gasteiger partial charge on any atom is -0.384 e. The molecule has 2 aliphatic rings. The van der Waals surface area contributed by atoms with Crippen molar-refractivity contribution < 1.29 is 8.42 Å². The molecule has 7 nitrogen and oxygen atoms in total. The SMILES string of the molecule is NC1CCC(Nc2cc(-c3cncc(NCC4CCS(=O)(=O)CC4)c3)c(Cl)cn2)CC1. The molecule has 9 heteroatoms. The van der Waals surface area contributed by atoms with Crippen LogP contribution in [0.3, 0.4) is 0 Å². The number of nitrogens with zero attached hydrogens (tertiary/aromatic N) is 2. The van der Waals surface area contributed by atoms with E-state index in [1.54, 1.807) is 18.6 Å². The summed E-state index contributed by atoms with van der Waals surface area (Å²) in [6.07, 6.45) is 10.8. The summed E-state index contributed by atoms with van der Waals surface area (Å²) in [4.78, 5) is 8.82. The summed E-state index contributed by atoms with van der Waals surface area (Å²) < 4.78 is 23.2. The van der Waals surface area contributed by atoms with Crippen LogP contribution >= 0.6 is 11.6 Å². The van der Waals surface area contributed by atoms with Crippen molar-refractivity contribution >= 4 is 32.9 Å². The largest absolute Gasteiger partial charge is 0.384 e. The van der Waals surface area contributed by atoms with Crippen LogP contribution in [0.4, 0.5) is 11.5 Å². The maximum Gasteiger partial charge on any atom is 0.150 e. The molecule has 4 rings (SSSR count). The average molecular weight is 464 g/mol. The third-order valence-electron chi connectivity index (χ3n) is 6.30. The highest BCUT2D eigenvalue weighted by Crippen LogP contribution is 2.31. The predicted octanol–water partition coefficient (Wildman–Crippen LogP) is 3.72. The summed E-state index contributed by atoms with van der Waals surface area (Å²) >= 11 is 6.46. The van der Waals surface area contributed by atoms with E-state index < -0.39 is 9.84 Å². The number of pyridine rings is 2. The van der Waals surface area contributed by atoms with Gasteiger partial charge in [-0.25, -0.2) is 13.4 Å².